The molecule has 0 aromatic rings. The molecule has 3 N–H and O–H groups in total. The molecule has 0 fully saturated rings. The quantitative estimate of drug-likeness (QED) is 0.290. The summed E-state index contributed by atoms with van der Waals surface area (Å²) in [6.45, 7) is 23.7. The zero-order valence-electron chi connectivity index (χ0n) is 18.9. The van der Waals surface area contributed by atoms with Gasteiger partial charge in [0.05, 0.1) is 0 Å². The minimum absolute atomic E-state index is 0. The fourth-order valence-electron chi connectivity index (χ4n) is 0.920. The zero-order valence-corrected chi connectivity index (χ0v) is 22.3. The SMILES string of the molecule is CC(C)(C)[NH-].CC(C)(C)[NH-].CC(C)(C)[NH-].C[Si](C)(C)C1=[C-]CC=C1.[Zr+4]. The average Bonchev–Trinajstić information content (AvgIpc) is 2.58. The van der Waals surface area contributed by atoms with Crippen LogP contribution in [-0.2, 0) is 26.2 Å². The number of hydrogen-bond donors (Lipinski definition) is 0. The van der Waals surface area contributed by atoms with E-state index in [4.69, 9.17) is 17.2 Å². The van der Waals surface area contributed by atoms with Crippen LogP contribution < -0.4 is 0 Å². The topological polar surface area (TPSA) is 71.4 Å². The Balaban J connectivity index is -0.000000122. The van der Waals surface area contributed by atoms with Crippen molar-refractivity contribution in [1.82, 2.24) is 0 Å². The molecular weight excluding hydrogens is 402 g/mol. The number of hydrogen-bond acceptors (Lipinski definition) is 0. The molecule has 5 heteroatoms. The van der Waals surface area contributed by atoms with Gasteiger partial charge in [-0.2, -0.15) is 6.08 Å². The molecule has 0 unspecified atom stereocenters. The molecule has 0 saturated heterocycles. The normalized spacial score (nSPS) is 13.8. The molecule has 25 heavy (non-hydrogen) atoms. The molecule has 146 valence electrons. The summed E-state index contributed by atoms with van der Waals surface area (Å²) >= 11 is 0. The molecule has 1 aliphatic carbocycles. The number of rotatable bonds is 1. The van der Waals surface area contributed by atoms with Gasteiger partial charge in [0.2, 0.25) is 0 Å². The predicted molar refractivity (Wildman–Crippen MR) is 116 cm³/mol. The summed E-state index contributed by atoms with van der Waals surface area (Å²) in [5.74, 6) is 0. The minimum atomic E-state index is -1.01. The minimum Gasteiger partial charge on any atom is -0.673 e. The van der Waals surface area contributed by atoms with Crippen molar-refractivity contribution in [2.75, 3.05) is 0 Å². The predicted octanol–water partition coefficient (Wildman–Crippen LogP) is 8.06. The van der Waals surface area contributed by atoms with Gasteiger partial charge in [0, 0.05) is 8.07 Å². The number of nitrogens with one attached hydrogen (secondary N) is 3. The summed E-state index contributed by atoms with van der Waals surface area (Å²) in [5, 5.41) is 1.49. The zero-order chi connectivity index (χ0) is 20.4. The Labute approximate surface area is 179 Å². The van der Waals surface area contributed by atoms with E-state index in [0.717, 1.165) is 6.42 Å². The molecule has 1 aliphatic rings. The molecule has 0 aromatic carbocycles. The van der Waals surface area contributed by atoms with Crippen molar-refractivity contribution in [3.8, 4) is 0 Å². The first-order chi connectivity index (χ1) is 10.1. The Kier molecular flexibility index (Phi) is 18.0. The van der Waals surface area contributed by atoms with Crippen molar-refractivity contribution in [3.05, 3.63) is 40.6 Å². The van der Waals surface area contributed by atoms with Gasteiger partial charge in [0.15, 0.2) is 0 Å². The Hall–Kier alpha value is 0.460. The molecular formula is C20H43N3SiZr. The molecule has 0 radical (unpaired) electrons. The second-order valence-electron chi connectivity index (χ2n) is 10.2. The van der Waals surface area contributed by atoms with E-state index in [-0.39, 0.29) is 42.8 Å². The van der Waals surface area contributed by atoms with E-state index in [1.807, 2.05) is 62.3 Å². The standard InChI is InChI=1S/C8H13Si.3C4H10N.Zr/c1-9(2,3)8-6-4-5-7-8;3*1-4(2,3)5;/h4,6H,5H2,1-3H3;3*5H,1-3H3;/q4*-1;+4. The molecule has 0 aliphatic heterocycles. The summed E-state index contributed by atoms with van der Waals surface area (Å²) in [4.78, 5) is 0. The molecule has 0 atom stereocenters. The summed E-state index contributed by atoms with van der Waals surface area (Å²) in [6.07, 6.45) is 8.82. The summed E-state index contributed by atoms with van der Waals surface area (Å²) < 4.78 is 0. The fourth-order valence-corrected chi connectivity index (χ4v) is 2.17. The van der Waals surface area contributed by atoms with Crippen LogP contribution in [0, 0.1) is 6.08 Å². The monoisotopic (exact) mass is 443 g/mol. The van der Waals surface area contributed by atoms with Gasteiger partial charge in [-0.05, 0) is 0 Å². The molecule has 0 aromatic heterocycles. The van der Waals surface area contributed by atoms with Gasteiger partial charge in [-0.3, -0.25) is 6.08 Å². The van der Waals surface area contributed by atoms with E-state index in [1.165, 1.54) is 5.20 Å². The largest absolute Gasteiger partial charge is 4.00 e. The molecule has 3 nitrogen and oxygen atoms in total. The maximum absolute atomic E-state index is 6.94. The van der Waals surface area contributed by atoms with Gasteiger partial charge in [0.25, 0.3) is 0 Å². The van der Waals surface area contributed by atoms with Crippen LogP contribution in [0.4, 0.5) is 0 Å². The van der Waals surface area contributed by atoms with E-state index in [0.29, 0.717) is 0 Å². The van der Waals surface area contributed by atoms with Gasteiger partial charge < -0.3 is 17.2 Å². The molecule has 0 saturated carbocycles. The van der Waals surface area contributed by atoms with Crippen molar-refractivity contribution in [1.29, 1.82) is 0 Å². The summed E-state index contributed by atoms with van der Waals surface area (Å²) in [5.41, 5.74) is 20.1. The van der Waals surface area contributed by atoms with E-state index >= 15 is 0 Å². The van der Waals surface area contributed by atoms with Crippen molar-refractivity contribution in [2.24, 2.45) is 0 Å². The van der Waals surface area contributed by atoms with Gasteiger partial charge in [-0.15, -0.1) is 23.0 Å². The Morgan fingerprint density at radius 2 is 1.00 bits per heavy atom. The van der Waals surface area contributed by atoms with Crippen LogP contribution in [0.3, 0.4) is 0 Å². The molecule has 0 amide bonds. The van der Waals surface area contributed by atoms with Gasteiger partial charge in [-0.1, -0.05) is 82.0 Å². The van der Waals surface area contributed by atoms with Crippen LogP contribution in [0.1, 0.15) is 68.7 Å². The maximum Gasteiger partial charge on any atom is 4.00 e. The average molecular weight is 445 g/mol. The van der Waals surface area contributed by atoms with E-state index in [2.05, 4.69) is 37.9 Å². The van der Waals surface area contributed by atoms with Crippen molar-refractivity contribution < 1.29 is 26.2 Å². The van der Waals surface area contributed by atoms with E-state index < -0.39 is 8.07 Å². The Morgan fingerprint density at radius 1 is 0.760 bits per heavy atom. The van der Waals surface area contributed by atoms with Crippen molar-refractivity contribution in [2.45, 2.75) is 105 Å². The van der Waals surface area contributed by atoms with Gasteiger partial charge in [0.1, 0.15) is 0 Å². The van der Waals surface area contributed by atoms with Crippen LogP contribution in [0.15, 0.2) is 17.3 Å². The second kappa shape index (κ2) is 13.6. The van der Waals surface area contributed by atoms with Crippen molar-refractivity contribution >= 4 is 8.07 Å². The smallest absolute Gasteiger partial charge is 0.673 e. The molecule has 0 bridgehead atoms. The third kappa shape index (κ3) is 68.1. The van der Waals surface area contributed by atoms with Crippen molar-refractivity contribution in [3.63, 3.8) is 0 Å². The first kappa shape index (κ1) is 33.1. The van der Waals surface area contributed by atoms with Crippen LogP contribution in [0.2, 0.25) is 19.6 Å². The van der Waals surface area contributed by atoms with Crippen LogP contribution in [0.5, 0.6) is 0 Å². The summed E-state index contributed by atoms with van der Waals surface area (Å²) in [6, 6.07) is 0. The fraction of sp³-hybridized carbons (Fsp3) is 0.800. The molecule has 1 rings (SSSR count). The maximum atomic E-state index is 6.94. The Bertz CT molecular complexity index is 329. The number of allylic oxidation sites excluding steroid dienone is 4. The third-order valence-electron chi connectivity index (χ3n) is 1.50. The van der Waals surface area contributed by atoms with E-state index in [9.17, 15) is 0 Å². The second-order valence-corrected chi connectivity index (χ2v) is 15.2. The first-order valence-electron chi connectivity index (χ1n) is 8.63. The van der Waals surface area contributed by atoms with Crippen LogP contribution >= 0.6 is 0 Å². The van der Waals surface area contributed by atoms with Crippen LogP contribution in [-0.4, -0.2) is 24.7 Å². The van der Waals surface area contributed by atoms with Gasteiger partial charge >= 0.3 is 26.2 Å². The van der Waals surface area contributed by atoms with Crippen LogP contribution in [0.25, 0.3) is 17.2 Å². The third-order valence-corrected chi connectivity index (χ3v) is 3.46. The van der Waals surface area contributed by atoms with Gasteiger partial charge in [-0.25, -0.2) is 11.3 Å². The Morgan fingerprint density at radius 3 is 1.08 bits per heavy atom. The summed E-state index contributed by atoms with van der Waals surface area (Å²) in [7, 11) is -1.01. The molecule has 0 heterocycles. The molecule has 0 spiro atoms. The van der Waals surface area contributed by atoms with E-state index in [1.54, 1.807) is 0 Å². The first-order valence-corrected chi connectivity index (χ1v) is 12.1.